The van der Waals surface area contributed by atoms with E-state index in [0.29, 0.717) is 25.2 Å². The average molecular weight is 499 g/mol. The van der Waals surface area contributed by atoms with Crippen molar-refractivity contribution in [2.45, 2.75) is 39.5 Å². The highest BCUT2D eigenvalue weighted by Crippen LogP contribution is 2.30. The van der Waals surface area contributed by atoms with Crippen LogP contribution in [0.1, 0.15) is 48.1 Å². The maximum Gasteiger partial charge on any atom is 0.253 e. The fraction of sp³-hybridized carbons (Fsp3) is 0.379. The van der Waals surface area contributed by atoms with Crippen LogP contribution in [0.3, 0.4) is 0 Å². The molecular formula is C29H34N6O2. The normalized spacial score (nSPS) is 14.1. The lowest BCUT2D eigenvalue weighted by Gasteiger charge is -2.24. The molecule has 1 aliphatic heterocycles. The maximum atomic E-state index is 13.2. The van der Waals surface area contributed by atoms with Gasteiger partial charge in [0, 0.05) is 38.2 Å². The van der Waals surface area contributed by atoms with Crippen LogP contribution >= 0.6 is 0 Å². The van der Waals surface area contributed by atoms with Crippen LogP contribution in [0.2, 0.25) is 0 Å². The van der Waals surface area contributed by atoms with Crippen LogP contribution in [-0.2, 0) is 6.42 Å². The molecule has 0 radical (unpaired) electrons. The Morgan fingerprint density at radius 3 is 2.49 bits per heavy atom. The highest BCUT2D eigenvalue weighted by atomic mass is 16.5. The summed E-state index contributed by atoms with van der Waals surface area (Å²) in [6.07, 6.45) is 3.81. The highest BCUT2D eigenvalue weighted by molar-refractivity contribution is 5.94. The monoisotopic (exact) mass is 498 g/mol. The Labute approximate surface area is 217 Å². The molecule has 0 aliphatic carbocycles. The van der Waals surface area contributed by atoms with Gasteiger partial charge in [0.2, 0.25) is 0 Å². The van der Waals surface area contributed by atoms with E-state index in [1.54, 1.807) is 7.11 Å². The van der Waals surface area contributed by atoms with Crippen molar-refractivity contribution in [2.75, 3.05) is 38.2 Å². The fourth-order valence-corrected chi connectivity index (χ4v) is 4.88. The lowest BCUT2D eigenvalue weighted by Crippen LogP contribution is -2.35. The minimum absolute atomic E-state index is 0.0500. The second kappa shape index (κ2) is 11.0. The van der Waals surface area contributed by atoms with Gasteiger partial charge in [0.05, 0.1) is 23.9 Å². The number of ether oxygens (including phenoxy) is 1. The number of aromatic nitrogens is 4. The van der Waals surface area contributed by atoms with Crippen molar-refractivity contribution in [2.24, 2.45) is 0 Å². The van der Waals surface area contributed by atoms with Gasteiger partial charge < -0.3 is 14.5 Å². The summed E-state index contributed by atoms with van der Waals surface area (Å²) in [5.41, 5.74) is 3.42. The van der Waals surface area contributed by atoms with Gasteiger partial charge in [0.15, 0.2) is 5.65 Å². The molecule has 1 saturated heterocycles. The van der Waals surface area contributed by atoms with Gasteiger partial charge in [-0.15, -0.1) is 0 Å². The van der Waals surface area contributed by atoms with Gasteiger partial charge in [-0.3, -0.25) is 4.79 Å². The Bertz CT molecular complexity index is 1370. The molecular weight excluding hydrogens is 464 g/mol. The summed E-state index contributed by atoms with van der Waals surface area (Å²) in [5.74, 6) is 2.57. The van der Waals surface area contributed by atoms with E-state index in [-0.39, 0.29) is 5.91 Å². The first-order valence-corrected chi connectivity index (χ1v) is 13.1. The Hall–Kier alpha value is -3.94. The molecule has 2 aromatic heterocycles. The van der Waals surface area contributed by atoms with E-state index in [1.807, 2.05) is 71.1 Å². The first kappa shape index (κ1) is 24.7. The van der Waals surface area contributed by atoms with Crippen molar-refractivity contribution >= 4 is 22.8 Å². The predicted molar refractivity (Wildman–Crippen MR) is 146 cm³/mol. The molecule has 2 aromatic carbocycles. The summed E-state index contributed by atoms with van der Waals surface area (Å²) >= 11 is 0. The van der Waals surface area contributed by atoms with E-state index in [9.17, 15) is 4.79 Å². The third-order valence-corrected chi connectivity index (χ3v) is 6.90. The molecule has 0 atom stereocenters. The molecule has 0 N–H and O–H groups in total. The van der Waals surface area contributed by atoms with E-state index in [4.69, 9.17) is 19.8 Å². The van der Waals surface area contributed by atoms with Crippen LogP contribution in [-0.4, -0.2) is 63.8 Å². The van der Waals surface area contributed by atoms with Gasteiger partial charge in [-0.25, -0.2) is 14.6 Å². The number of aryl methyl sites for hydroxylation is 2. The lowest BCUT2D eigenvalue weighted by molar-refractivity contribution is 0.0767. The van der Waals surface area contributed by atoms with Gasteiger partial charge in [0.25, 0.3) is 5.91 Å². The van der Waals surface area contributed by atoms with Crippen molar-refractivity contribution in [3.8, 4) is 11.4 Å². The SMILES string of the molecule is CCCCc1nc(N2CCCN(C(=O)c3ccc(OC)cc3)CC2)c2c(C)nn(-c3ccccc3)c2n1. The number of fused-ring (bicyclic) bond motifs is 1. The van der Waals surface area contributed by atoms with E-state index >= 15 is 0 Å². The Morgan fingerprint density at radius 2 is 1.76 bits per heavy atom. The molecule has 1 aliphatic rings. The summed E-state index contributed by atoms with van der Waals surface area (Å²) in [6, 6.07) is 17.5. The highest BCUT2D eigenvalue weighted by Gasteiger charge is 2.25. The summed E-state index contributed by atoms with van der Waals surface area (Å²) in [4.78, 5) is 27.5. The number of hydrogen-bond donors (Lipinski definition) is 0. The number of methoxy groups -OCH3 is 1. The Morgan fingerprint density at radius 1 is 0.973 bits per heavy atom. The molecule has 3 heterocycles. The van der Waals surface area contributed by atoms with Crippen molar-refractivity contribution in [1.29, 1.82) is 0 Å². The first-order chi connectivity index (χ1) is 18.1. The standard InChI is InChI=1S/C29H34N6O2/c1-4-5-12-25-30-27(26-21(2)32-35(28(26)31-25)23-10-7-6-8-11-23)33-17-9-18-34(20-19-33)29(36)22-13-15-24(37-3)16-14-22/h6-8,10-11,13-16H,4-5,9,12,17-20H2,1-3H3. The smallest absolute Gasteiger partial charge is 0.253 e. The van der Waals surface area contributed by atoms with Crippen LogP contribution < -0.4 is 9.64 Å². The number of para-hydroxylation sites is 1. The number of rotatable bonds is 7. The molecule has 1 fully saturated rings. The lowest BCUT2D eigenvalue weighted by atomic mass is 10.2. The van der Waals surface area contributed by atoms with Gasteiger partial charge in [-0.2, -0.15) is 5.10 Å². The van der Waals surface area contributed by atoms with Crippen LogP contribution in [0, 0.1) is 6.92 Å². The zero-order chi connectivity index (χ0) is 25.8. The molecule has 1 amide bonds. The molecule has 0 spiro atoms. The molecule has 4 aromatic rings. The fourth-order valence-electron chi connectivity index (χ4n) is 4.88. The summed E-state index contributed by atoms with van der Waals surface area (Å²) in [6.45, 7) is 7.07. The molecule has 37 heavy (non-hydrogen) atoms. The van der Waals surface area contributed by atoms with E-state index in [0.717, 1.165) is 72.0 Å². The average Bonchev–Trinajstić information content (AvgIpc) is 3.11. The Kier molecular flexibility index (Phi) is 7.35. The van der Waals surface area contributed by atoms with Gasteiger partial charge in [-0.05, 0) is 56.2 Å². The third kappa shape index (κ3) is 5.14. The molecule has 0 unspecified atom stereocenters. The summed E-state index contributed by atoms with van der Waals surface area (Å²) in [5, 5.41) is 5.86. The summed E-state index contributed by atoms with van der Waals surface area (Å²) in [7, 11) is 1.63. The van der Waals surface area contributed by atoms with E-state index in [1.165, 1.54) is 0 Å². The number of carbonyl (C=O) groups excluding carboxylic acids is 1. The third-order valence-electron chi connectivity index (χ3n) is 6.90. The van der Waals surface area contributed by atoms with E-state index < -0.39 is 0 Å². The van der Waals surface area contributed by atoms with Crippen molar-refractivity contribution in [1.82, 2.24) is 24.6 Å². The Balaban J connectivity index is 1.46. The molecule has 0 bridgehead atoms. The van der Waals surface area contributed by atoms with Crippen LogP contribution in [0.25, 0.3) is 16.7 Å². The van der Waals surface area contributed by atoms with Crippen LogP contribution in [0.4, 0.5) is 5.82 Å². The van der Waals surface area contributed by atoms with Gasteiger partial charge >= 0.3 is 0 Å². The second-order valence-electron chi connectivity index (χ2n) is 9.46. The number of hydrogen-bond acceptors (Lipinski definition) is 6. The zero-order valence-electron chi connectivity index (χ0n) is 21.9. The predicted octanol–water partition coefficient (Wildman–Crippen LogP) is 4.83. The minimum atomic E-state index is 0.0500. The zero-order valence-corrected chi connectivity index (χ0v) is 21.9. The maximum absolute atomic E-state index is 13.2. The number of amides is 1. The van der Waals surface area contributed by atoms with E-state index in [2.05, 4.69) is 11.8 Å². The van der Waals surface area contributed by atoms with Crippen molar-refractivity contribution < 1.29 is 9.53 Å². The quantitative estimate of drug-likeness (QED) is 0.363. The number of unbranched alkanes of at least 4 members (excludes halogenated alkanes) is 1. The first-order valence-electron chi connectivity index (χ1n) is 13.1. The molecule has 0 saturated carbocycles. The number of benzene rings is 2. The van der Waals surface area contributed by atoms with Gasteiger partial charge in [0.1, 0.15) is 17.4 Å². The number of anilines is 1. The number of nitrogens with zero attached hydrogens (tertiary/aromatic N) is 6. The molecule has 5 rings (SSSR count). The van der Waals surface area contributed by atoms with Crippen molar-refractivity contribution in [3.63, 3.8) is 0 Å². The minimum Gasteiger partial charge on any atom is -0.497 e. The van der Waals surface area contributed by atoms with Gasteiger partial charge in [-0.1, -0.05) is 31.5 Å². The number of carbonyl (C=O) groups is 1. The summed E-state index contributed by atoms with van der Waals surface area (Å²) < 4.78 is 7.17. The van der Waals surface area contributed by atoms with Crippen LogP contribution in [0.5, 0.6) is 5.75 Å². The molecule has 192 valence electrons. The topological polar surface area (TPSA) is 76.4 Å². The van der Waals surface area contributed by atoms with Crippen molar-refractivity contribution in [3.05, 3.63) is 71.7 Å². The molecule has 8 heteroatoms. The van der Waals surface area contributed by atoms with Crippen LogP contribution in [0.15, 0.2) is 54.6 Å². The second-order valence-corrected chi connectivity index (χ2v) is 9.46. The largest absolute Gasteiger partial charge is 0.497 e. The molecule has 8 nitrogen and oxygen atoms in total.